The van der Waals surface area contributed by atoms with Crippen molar-refractivity contribution in [3.63, 3.8) is 0 Å². The number of hydrogen-bond acceptors (Lipinski definition) is 4. The van der Waals surface area contributed by atoms with E-state index in [9.17, 15) is 13.5 Å². The molecule has 0 amide bonds. The van der Waals surface area contributed by atoms with Gasteiger partial charge in [0.1, 0.15) is 10.9 Å². The van der Waals surface area contributed by atoms with Gasteiger partial charge in [0.15, 0.2) is 0 Å². The fourth-order valence-electron chi connectivity index (χ4n) is 3.72. The van der Waals surface area contributed by atoms with Crippen LogP contribution in [0.5, 0.6) is 0 Å². The van der Waals surface area contributed by atoms with Crippen molar-refractivity contribution in [2.24, 2.45) is 4.40 Å². The highest BCUT2D eigenvalue weighted by Gasteiger charge is 2.46. The molecule has 0 radical (unpaired) electrons. The first-order valence-corrected chi connectivity index (χ1v) is 11.5. The second-order valence-electron chi connectivity index (χ2n) is 7.85. The summed E-state index contributed by atoms with van der Waals surface area (Å²) in [4.78, 5) is 0. The molecule has 0 spiro atoms. The van der Waals surface area contributed by atoms with Gasteiger partial charge in [-0.3, -0.25) is 0 Å². The topological polar surface area (TPSA) is 76.0 Å². The largest absolute Gasteiger partial charge is 0.473 e. The van der Waals surface area contributed by atoms with Crippen molar-refractivity contribution in [3.05, 3.63) is 70.7 Å². The number of rotatable bonds is 7. The molecule has 1 heterocycles. The molecule has 0 bridgehead atoms. The van der Waals surface area contributed by atoms with Gasteiger partial charge in [0.2, 0.25) is 5.90 Å². The van der Waals surface area contributed by atoms with Crippen molar-refractivity contribution in [3.8, 4) is 0 Å². The van der Waals surface area contributed by atoms with Gasteiger partial charge in [-0.2, -0.15) is 0 Å². The van der Waals surface area contributed by atoms with Crippen molar-refractivity contribution in [1.82, 2.24) is 0 Å². The normalized spacial score (nSPS) is 21.1. The van der Waals surface area contributed by atoms with E-state index < -0.39 is 20.9 Å². The van der Waals surface area contributed by atoms with Crippen LogP contribution >= 0.6 is 11.6 Å². The summed E-state index contributed by atoms with van der Waals surface area (Å²) in [7, 11) is -3.76. The third-order valence-corrected chi connectivity index (χ3v) is 7.37. The molecule has 0 fully saturated rings. The third kappa shape index (κ3) is 5.38. The van der Waals surface area contributed by atoms with Crippen LogP contribution in [0.1, 0.15) is 43.7 Å². The Morgan fingerprint density at radius 1 is 1.17 bits per heavy atom. The quantitative estimate of drug-likeness (QED) is 0.701. The molecule has 0 saturated heterocycles. The predicted molar refractivity (Wildman–Crippen MR) is 116 cm³/mol. The second kappa shape index (κ2) is 8.86. The number of aliphatic hydroxyl groups excluding tert-OH is 1. The first-order chi connectivity index (χ1) is 13.7. The highest BCUT2D eigenvalue weighted by atomic mass is 35.5. The molecule has 1 unspecified atom stereocenters. The highest BCUT2D eigenvalue weighted by molar-refractivity contribution is 7.91. The van der Waals surface area contributed by atoms with Crippen molar-refractivity contribution in [1.29, 1.82) is 0 Å². The average molecular weight is 436 g/mol. The zero-order valence-electron chi connectivity index (χ0n) is 16.6. The average Bonchev–Trinajstić information content (AvgIpc) is 2.65. The maximum absolute atomic E-state index is 13.0. The molecule has 3 rings (SSSR count). The molecule has 0 aromatic heterocycles. The molecule has 7 heteroatoms. The summed E-state index contributed by atoms with van der Waals surface area (Å²) in [6, 6.07) is 16.8. The van der Waals surface area contributed by atoms with Crippen molar-refractivity contribution in [2.45, 2.75) is 49.9 Å². The Bertz CT molecular complexity index is 973. The number of halogens is 1. The summed E-state index contributed by atoms with van der Waals surface area (Å²) in [6.45, 7) is 3.54. The summed E-state index contributed by atoms with van der Waals surface area (Å²) in [5.41, 5.74) is 0.914. The van der Waals surface area contributed by atoms with Crippen molar-refractivity contribution in [2.75, 3.05) is 6.61 Å². The zero-order valence-corrected chi connectivity index (χ0v) is 18.2. The van der Waals surface area contributed by atoms with Gasteiger partial charge in [-0.1, -0.05) is 54.1 Å². The van der Waals surface area contributed by atoms with E-state index in [2.05, 4.69) is 4.40 Å². The second-order valence-corrected chi connectivity index (χ2v) is 10.1. The summed E-state index contributed by atoms with van der Waals surface area (Å²) >= 11 is 6.10. The van der Waals surface area contributed by atoms with Crippen LogP contribution in [0.2, 0.25) is 5.02 Å². The zero-order chi connectivity index (χ0) is 21.1. The Balaban J connectivity index is 1.87. The van der Waals surface area contributed by atoms with Gasteiger partial charge in [-0.15, -0.1) is 4.40 Å². The van der Waals surface area contributed by atoms with Gasteiger partial charge in [0, 0.05) is 18.1 Å². The molecular formula is C22H26ClNO4S. The minimum Gasteiger partial charge on any atom is -0.473 e. The molecule has 5 nitrogen and oxygen atoms in total. The van der Waals surface area contributed by atoms with E-state index in [0.29, 0.717) is 17.9 Å². The molecule has 156 valence electrons. The molecule has 2 atom stereocenters. The highest BCUT2D eigenvalue weighted by Crippen LogP contribution is 2.34. The van der Waals surface area contributed by atoms with Gasteiger partial charge in [-0.05, 0) is 55.9 Å². The fraction of sp³-hybridized carbons (Fsp3) is 0.409. The molecule has 1 N–H and O–H groups in total. The molecule has 1 aliphatic rings. The van der Waals surface area contributed by atoms with Gasteiger partial charge in [0.25, 0.3) is 10.0 Å². The first kappa shape index (κ1) is 21.8. The minimum absolute atomic E-state index is 0.0305. The fourth-order valence-corrected chi connectivity index (χ4v) is 5.61. The molecule has 2 aromatic rings. The van der Waals surface area contributed by atoms with Gasteiger partial charge >= 0.3 is 0 Å². The van der Waals surface area contributed by atoms with Gasteiger partial charge in [0.05, 0.1) is 0 Å². The number of ether oxygens (including phenoxy) is 1. The lowest BCUT2D eigenvalue weighted by molar-refractivity contribution is 0.0798. The summed E-state index contributed by atoms with van der Waals surface area (Å²) in [5.74, 6) is 0.0341. The van der Waals surface area contributed by atoms with Crippen LogP contribution in [-0.2, 0) is 21.2 Å². The molecule has 29 heavy (non-hydrogen) atoms. The number of aliphatic hydroxyl groups is 1. The van der Waals surface area contributed by atoms with Gasteiger partial charge in [-0.25, -0.2) is 8.42 Å². The van der Waals surface area contributed by atoms with Crippen LogP contribution in [-0.4, -0.2) is 36.9 Å². The lowest BCUT2D eigenvalue weighted by Crippen LogP contribution is -2.50. The molecule has 1 aliphatic heterocycles. The van der Waals surface area contributed by atoms with Crippen molar-refractivity contribution >= 4 is 27.5 Å². The van der Waals surface area contributed by atoms with Gasteiger partial charge < -0.3 is 9.84 Å². The number of benzene rings is 2. The third-order valence-electron chi connectivity index (χ3n) is 5.23. The van der Waals surface area contributed by atoms with Crippen LogP contribution in [0.3, 0.4) is 0 Å². The predicted octanol–water partition coefficient (Wildman–Crippen LogP) is 4.34. The Hall–Kier alpha value is -1.89. The van der Waals surface area contributed by atoms with Crippen LogP contribution < -0.4 is 0 Å². The Labute approximate surface area is 177 Å². The smallest absolute Gasteiger partial charge is 0.263 e. The number of nitrogens with zero attached hydrogens (tertiary/aromatic N) is 1. The monoisotopic (exact) mass is 435 g/mol. The Kier molecular flexibility index (Phi) is 6.66. The summed E-state index contributed by atoms with van der Waals surface area (Å²) < 4.78 is 36.1. The lowest BCUT2D eigenvalue weighted by Gasteiger charge is -2.37. The molecule has 0 saturated carbocycles. The number of sulfonamides is 1. The Morgan fingerprint density at radius 2 is 1.90 bits per heavy atom. The molecule has 0 aliphatic carbocycles. The maximum Gasteiger partial charge on any atom is 0.263 e. The minimum atomic E-state index is -3.76. The summed E-state index contributed by atoms with van der Waals surface area (Å²) in [6.07, 6.45) is 1.07. The van der Waals surface area contributed by atoms with E-state index in [0.717, 1.165) is 11.1 Å². The summed E-state index contributed by atoms with van der Waals surface area (Å²) in [5, 5.41) is 9.29. The Morgan fingerprint density at radius 3 is 2.52 bits per heavy atom. The van der Waals surface area contributed by atoms with Crippen molar-refractivity contribution < 1.29 is 18.3 Å². The number of hydrogen-bond donors (Lipinski definition) is 1. The molecular weight excluding hydrogens is 410 g/mol. The first-order valence-electron chi connectivity index (χ1n) is 9.63. The van der Waals surface area contributed by atoms with E-state index in [4.69, 9.17) is 16.3 Å². The van der Waals surface area contributed by atoms with E-state index in [1.807, 2.05) is 48.5 Å². The van der Waals surface area contributed by atoms with Crippen LogP contribution in [0, 0.1) is 0 Å². The van der Waals surface area contributed by atoms with Crippen LogP contribution in [0.4, 0.5) is 0 Å². The molecule has 2 aromatic carbocycles. The lowest BCUT2D eigenvalue weighted by atomic mass is 9.92. The maximum atomic E-state index is 13.0. The van der Waals surface area contributed by atoms with Crippen LogP contribution in [0.15, 0.2) is 59.0 Å². The van der Waals surface area contributed by atoms with E-state index in [1.54, 1.807) is 19.9 Å². The standard InChI is InChI=1S/C22H26ClNO4S/c1-22(2)20(13-16-7-4-3-5-8-16)29(26,27)24-21(28-22)15-18(11-12-25)17-9-6-10-19(23)14-17/h3-10,14,18,20,25H,11-13,15H2,1-2H3/t18-,20?/m1/s1. The van der Waals surface area contributed by atoms with E-state index >= 15 is 0 Å². The van der Waals surface area contributed by atoms with E-state index in [-0.39, 0.29) is 24.8 Å². The van der Waals surface area contributed by atoms with Crippen LogP contribution in [0.25, 0.3) is 0 Å². The van der Waals surface area contributed by atoms with E-state index in [1.165, 1.54) is 0 Å². The SMILES string of the molecule is CC1(C)OC(C[C@@H](CCO)c2cccc(Cl)c2)=NS(=O)(=O)C1Cc1ccccc1.